The van der Waals surface area contributed by atoms with Crippen molar-refractivity contribution in [1.29, 1.82) is 0 Å². The highest BCUT2D eigenvalue weighted by Gasteiger charge is 2.20. The zero-order valence-electron chi connectivity index (χ0n) is 11.7. The first kappa shape index (κ1) is 15.9. The highest BCUT2D eigenvalue weighted by Crippen LogP contribution is 2.40. The van der Waals surface area contributed by atoms with Gasteiger partial charge in [-0.2, -0.15) is 0 Å². The van der Waals surface area contributed by atoms with Crippen LogP contribution in [0.15, 0.2) is 12.1 Å². The Morgan fingerprint density at radius 3 is 2.05 bits per heavy atom. The summed E-state index contributed by atoms with van der Waals surface area (Å²) in [5.41, 5.74) is 1.20. The van der Waals surface area contributed by atoms with Crippen molar-refractivity contribution in [3.05, 3.63) is 17.7 Å². The van der Waals surface area contributed by atoms with Crippen LogP contribution in [0.2, 0.25) is 0 Å². The Labute approximate surface area is 120 Å². The second kappa shape index (κ2) is 7.46. The Morgan fingerprint density at radius 2 is 1.63 bits per heavy atom. The third-order valence-corrected chi connectivity index (χ3v) is 3.40. The topological polar surface area (TPSA) is 39.7 Å². The average Bonchev–Trinajstić information content (AvgIpc) is 2.46. The summed E-state index contributed by atoms with van der Waals surface area (Å²) in [6.45, 7) is 1.07. The molecule has 1 aliphatic rings. The molecular formula is C14H22ClNO3. The fourth-order valence-corrected chi connectivity index (χ4v) is 2.44. The summed E-state index contributed by atoms with van der Waals surface area (Å²) in [4.78, 5) is 0. The first-order valence-corrected chi connectivity index (χ1v) is 6.33. The third-order valence-electron chi connectivity index (χ3n) is 3.40. The smallest absolute Gasteiger partial charge is 0.203 e. The van der Waals surface area contributed by atoms with E-state index in [1.54, 1.807) is 21.3 Å². The molecule has 0 amide bonds. The Hall–Kier alpha value is -1.13. The molecule has 1 atom stereocenters. The first-order valence-electron chi connectivity index (χ1n) is 6.33. The van der Waals surface area contributed by atoms with Gasteiger partial charge in [-0.3, -0.25) is 0 Å². The summed E-state index contributed by atoms with van der Waals surface area (Å²) < 4.78 is 16.1. The number of hydrogen-bond donors (Lipinski definition) is 1. The van der Waals surface area contributed by atoms with Crippen LogP contribution in [0.5, 0.6) is 17.2 Å². The lowest BCUT2D eigenvalue weighted by molar-refractivity contribution is 0.321. The molecule has 108 valence electrons. The van der Waals surface area contributed by atoms with Crippen LogP contribution in [-0.4, -0.2) is 27.9 Å². The maximum absolute atomic E-state index is 5.38. The summed E-state index contributed by atoms with van der Waals surface area (Å²) >= 11 is 0. The number of benzene rings is 1. The minimum Gasteiger partial charge on any atom is -0.493 e. The van der Waals surface area contributed by atoms with Gasteiger partial charge in [-0.15, -0.1) is 12.4 Å². The standard InChI is InChI=1S/C14H21NO3.ClH/c1-16-12-8-10(11-6-4-5-7-15-11)9-13(17-2)14(12)18-3;/h8-9,11,15H,4-7H2,1-3H3;1H/t11-;/m1./s1. The summed E-state index contributed by atoms with van der Waals surface area (Å²) in [5, 5.41) is 3.52. The van der Waals surface area contributed by atoms with Gasteiger partial charge in [0, 0.05) is 6.04 Å². The van der Waals surface area contributed by atoms with E-state index in [9.17, 15) is 0 Å². The maximum atomic E-state index is 5.38. The summed E-state index contributed by atoms with van der Waals surface area (Å²) in [6, 6.07) is 4.45. The van der Waals surface area contributed by atoms with E-state index in [4.69, 9.17) is 14.2 Å². The molecule has 1 aromatic rings. The number of piperidine rings is 1. The van der Waals surface area contributed by atoms with Crippen LogP contribution >= 0.6 is 12.4 Å². The molecule has 19 heavy (non-hydrogen) atoms. The lowest BCUT2D eigenvalue weighted by Gasteiger charge is -2.25. The van der Waals surface area contributed by atoms with Crippen molar-refractivity contribution in [2.24, 2.45) is 0 Å². The Morgan fingerprint density at radius 1 is 1.00 bits per heavy atom. The fourth-order valence-electron chi connectivity index (χ4n) is 2.44. The molecule has 1 heterocycles. The van der Waals surface area contributed by atoms with Gasteiger partial charge in [-0.25, -0.2) is 0 Å². The van der Waals surface area contributed by atoms with Crippen molar-refractivity contribution in [3.8, 4) is 17.2 Å². The van der Waals surface area contributed by atoms with E-state index < -0.39 is 0 Å². The minimum absolute atomic E-state index is 0. The molecule has 1 fully saturated rings. The van der Waals surface area contributed by atoms with Crippen LogP contribution in [0, 0.1) is 0 Å². The Kier molecular flexibility index (Phi) is 6.25. The van der Waals surface area contributed by atoms with E-state index in [1.165, 1.54) is 18.4 Å². The van der Waals surface area contributed by atoms with E-state index in [-0.39, 0.29) is 12.4 Å². The summed E-state index contributed by atoms with van der Waals surface area (Å²) in [6.07, 6.45) is 3.66. The van der Waals surface area contributed by atoms with Gasteiger partial charge in [0.05, 0.1) is 21.3 Å². The van der Waals surface area contributed by atoms with Gasteiger partial charge in [0.2, 0.25) is 5.75 Å². The van der Waals surface area contributed by atoms with E-state index in [2.05, 4.69) is 5.32 Å². The number of nitrogens with one attached hydrogen (secondary N) is 1. The highest BCUT2D eigenvalue weighted by atomic mass is 35.5. The fraction of sp³-hybridized carbons (Fsp3) is 0.571. The first-order chi connectivity index (χ1) is 8.80. The highest BCUT2D eigenvalue weighted by molar-refractivity contribution is 5.85. The quantitative estimate of drug-likeness (QED) is 0.924. The molecule has 1 aliphatic heterocycles. The zero-order chi connectivity index (χ0) is 13.0. The van der Waals surface area contributed by atoms with Crippen molar-refractivity contribution in [2.45, 2.75) is 25.3 Å². The zero-order valence-corrected chi connectivity index (χ0v) is 12.5. The minimum atomic E-state index is 0. The third kappa shape index (κ3) is 3.45. The molecule has 1 saturated heterocycles. The monoisotopic (exact) mass is 287 g/mol. The van der Waals surface area contributed by atoms with Crippen LogP contribution in [0.25, 0.3) is 0 Å². The Balaban J connectivity index is 0.00000180. The van der Waals surface area contributed by atoms with Crippen molar-refractivity contribution in [3.63, 3.8) is 0 Å². The number of ether oxygens (including phenoxy) is 3. The molecule has 0 unspecified atom stereocenters. The predicted molar refractivity (Wildman–Crippen MR) is 77.9 cm³/mol. The largest absolute Gasteiger partial charge is 0.493 e. The predicted octanol–water partition coefficient (Wildman–Crippen LogP) is 2.95. The molecule has 0 aliphatic carbocycles. The number of rotatable bonds is 4. The molecule has 0 spiro atoms. The van der Waals surface area contributed by atoms with E-state index in [0.29, 0.717) is 11.8 Å². The number of methoxy groups -OCH3 is 3. The molecule has 0 bridgehead atoms. The second-order valence-corrected chi connectivity index (χ2v) is 4.46. The molecule has 1 N–H and O–H groups in total. The normalized spacial score (nSPS) is 18.4. The van der Waals surface area contributed by atoms with Gasteiger partial charge >= 0.3 is 0 Å². The van der Waals surface area contributed by atoms with Crippen LogP contribution in [0.3, 0.4) is 0 Å². The maximum Gasteiger partial charge on any atom is 0.203 e. The second-order valence-electron chi connectivity index (χ2n) is 4.46. The van der Waals surface area contributed by atoms with Crippen molar-refractivity contribution in [2.75, 3.05) is 27.9 Å². The molecule has 1 aromatic carbocycles. The van der Waals surface area contributed by atoms with E-state index >= 15 is 0 Å². The average molecular weight is 288 g/mol. The van der Waals surface area contributed by atoms with Gasteiger partial charge in [-0.1, -0.05) is 6.42 Å². The molecule has 4 nitrogen and oxygen atoms in total. The molecule has 2 rings (SSSR count). The van der Waals surface area contributed by atoms with E-state index in [0.717, 1.165) is 24.5 Å². The van der Waals surface area contributed by atoms with Gasteiger partial charge in [0.1, 0.15) is 0 Å². The van der Waals surface area contributed by atoms with Crippen molar-refractivity contribution >= 4 is 12.4 Å². The summed E-state index contributed by atoms with van der Waals surface area (Å²) in [7, 11) is 4.92. The van der Waals surface area contributed by atoms with Crippen LogP contribution in [0.1, 0.15) is 30.9 Å². The van der Waals surface area contributed by atoms with Crippen LogP contribution < -0.4 is 19.5 Å². The lowest BCUT2D eigenvalue weighted by Crippen LogP contribution is -2.26. The van der Waals surface area contributed by atoms with E-state index in [1.807, 2.05) is 12.1 Å². The SMILES string of the molecule is COc1cc([C@H]2CCCCN2)cc(OC)c1OC.Cl. The van der Waals surface area contributed by atoms with Gasteiger partial charge < -0.3 is 19.5 Å². The lowest BCUT2D eigenvalue weighted by atomic mass is 9.97. The van der Waals surface area contributed by atoms with Crippen LogP contribution in [0.4, 0.5) is 0 Å². The number of halogens is 1. The molecule has 0 aromatic heterocycles. The number of hydrogen-bond acceptors (Lipinski definition) is 4. The molecule has 5 heteroatoms. The van der Waals surface area contributed by atoms with Gasteiger partial charge in [0.15, 0.2) is 11.5 Å². The van der Waals surface area contributed by atoms with Crippen LogP contribution in [-0.2, 0) is 0 Å². The summed E-state index contributed by atoms with van der Waals surface area (Å²) in [5.74, 6) is 2.10. The molecule has 0 saturated carbocycles. The van der Waals surface area contributed by atoms with Crippen molar-refractivity contribution < 1.29 is 14.2 Å². The van der Waals surface area contributed by atoms with Gasteiger partial charge in [-0.05, 0) is 37.1 Å². The molecule has 0 radical (unpaired) electrons. The Bertz CT molecular complexity index is 381. The van der Waals surface area contributed by atoms with Crippen molar-refractivity contribution in [1.82, 2.24) is 5.32 Å². The molecular weight excluding hydrogens is 266 g/mol. The van der Waals surface area contributed by atoms with Gasteiger partial charge in [0.25, 0.3) is 0 Å².